The molecule has 0 bridgehead atoms. The molecule has 364 valence electrons. The van der Waals surface area contributed by atoms with E-state index in [1.807, 2.05) is 13.8 Å². The first-order valence-corrected chi connectivity index (χ1v) is 26.0. The molecule has 2 heteroatoms. The average Bonchev–Trinajstić information content (AvgIpc) is 3.90. The van der Waals surface area contributed by atoms with Crippen LogP contribution in [0.2, 0.25) is 0 Å². The van der Waals surface area contributed by atoms with E-state index in [2.05, 4.69) is 302 Å². The fraction of sp³-hybridized carbons (Fsp3) is 0.0270. The SMILES string of the molecule is C=CC.C=CC.c1ccc(-c2ccc(-c3cc(-c4ccc(-c5ccccc5)cc4)cc(-n4c5ccccc5c5cc(-c6cccc(N(c7ccc8ccccc8c7)c7cccc8ccccc78)c6)ccc54)c3)cc2)cc1. The van der Waals surface area contributed by atoms with Crippen LogP contribution in [0.3, 0.4) is 0 Å². The topological polar surface area (TPSA) is 8.17 Å². The van der Waals surface area contributed by atoms with Crippen LogP contribution in [0.5, 0.6) is 0 Å². The Hall–Kier alpha value is -9.76. The predicted octanol–water partition coefficient (Wildman–Crippen LogP) is 21.3. The Balaban J connectivity index is 0.000000983. The van der Waals surface area contributed by atoms with Crippen LogP contribution in [0.1, 0.15) is 13.8 Å². The van der Waals surface area contributed by atoms with E-state index in [4.69, 9.17) is 0 Å². The standard InChI is InChI=1S/C68H46N2.2C3H6/c1-3-15-47(16-4-1)50-29-33-52(34-30-50)58-41-59(53-35-31-51(32-36-53)48-17-5-2-6-18-48)45-62(44-58)70-67-27-12-11-26-64(67)65-46-57(38-40-68(65)70)56-23-13-24-60(43-56)69(61-39-37-49-19-7-8-21-55(49)42-61)66-28-14-22-54-20-9-10-25-63(54)66;2*1-3-2/h1-46H;2*3H,1H2,2H3. The predicted molar refractivity (Wildman–Crippen MR) is 329 cm³/mol. The van der Waals surface area contributed by atoms with E-state index in [-0.39, 0.29) is 0 Å². The highest BCUT2D eigenvalue weighted by Gasteiger charge is 2.19. The van der Waals surface area contributed by atoms with Crippen molar-refractivity contribution in [3.8, 4) is 61.3 Å². The van der Waals surface area contributed by atoms with Crippen molar-refractivity contribution in [3.05, 3.63) is 304 Å². The smallest absolute Gasteiger partial charge is 0.0541 e. The third-order valence-corrected chi connectivity index (χ3v) is 13.9. The van der Waals surface area contributed by atoms with E-state index < -0.39 is 0 Å². The first-order chi connectivity index (χ1) is 37.5. The molecule has 0 saturated carbocycles. The molecule has 2 nitrogen and oxygen atoms in total. The molecule has 12 aromatic carbocycles. The first-order valence-electron chi connectivity index (χ1n) is 26.0. The highest BCUT2D eigenvalue weighted by molar-refractivity contribution is 6.11. The molecule has 0 fully saturated rings. The molecule has 0 aliphatic carbocycles. The number of anilines is 3. The van der Waals surface area contributed by atoms with E-state index in [1.165, 1.54) is 87.9 Å². The van der Waals surface area contributed by atoms with E-state index in [9.17, 15) is 0 Å². The Bertz CT molecular complexity index is 4030. The largest absolute Gasteiger partial charge is 0.310 e. The third-order valence-electron chi connectivity index (χ3n) is 13.9. The Labute approximate surface area is 447 Å². The van der Waals surface area contributed by atoms with Crippen LogP contribution in [-0.2, 0) is 0 Å². The summed E-state index contributed by atoms with van der Waals surface area (Å²) in [5.41, 5.74) is 18.7. The molecule has 0 unspecified atom stereocenters. The van der Waals surface area contributed by atoms with Crippen LogP contribution in [0.4, 0.5) is 17.1 Å². The van der Waals surface area contributed by atoms with Crippen molar-refractivity contribution in [2.75, 3.05) is 4.90 Å². The minimum Gasteiger partial charge on any atom is -0.310 e. The van der Waals surface area contributed by atoms with Crippen molar-refractivity contribution in [1.82, 2.24) is 4.57 Å². The molecule has 13 aromatic rings. The van der Waals surface area contributed by atoms with Crippen molar-refractivity contribution in [3.63, 3.8) is 0 Å². The fourth-order valence-corrected chi connectivity index (χ4v) is 10.4. The molecule has 0 amide bonds. The second-order valence-electron chi connectivity index (χ2n) is 19.0. The summed E-state index contributed by atoms with van der Waals surface area (Å²) in [6, 6.07) is 102. The van der Waals surface area contributed by atoms with Crippen molar-refractivity contribution in [2.24, 2.45) is 0 Å². The second-order valence-corrected chi connectivity index (χ2v) is 19.0. The molecular weight excluding hydrogens is 917 g/mol. The summed E-state index contributed by atoms with van der Waals surface area (Å²) in [4.78, 5) is 2.41. The van der Waals surface area contributed by atoms with Gasteiger partial charge in [0.25, 0.3) is 0 Å². The van der Waals surface area contributed by atoms with Gasteiger partial charge in [0.05, 0.1) is 16.7 Å². The zero-order chi connectivity index (χ0) is 51.8. The van der Waals surface area contributed by atoms with E-state index >= 15 is 0 Å². The van der Waals surface area contributed by atoms with Gasteiger partial charge in [0, 0.05) is 33.2 Å². The summed E-state index contributed by atoms with van der Waals surface area (Å²) in [5, 5.41) is 7.29. The quantitative estimate of drug-likeness (QED) is 0.131. The summed E-state index contributed by atoms with van der Waals surface area (Å²) in [6.45, 7) is 10.5. The molecule has 1 aromatic heterocycles. The Morgan fingerprint density at radius 2 is 0.724 bits per heavy atom. The fourth-order valence-electron chi connectivity index (χ4n) is 10.4. The van der Waals surface area contributed by atoms with Gasteiger partial charge >= 0.3 is 0 Å². The van der Waals surface area contributed by atoms with Gasteiger partial charge in [-0.25, -0.2) is 0 Å². The number of nitrogens with zero attached hydrogens (tertiary/aromatic N) is 2. The summed E-state index contributed by atoms with van der Waals surface area (Å²) < 4.78 is 2.45. The number of hydrogen-bond acceptors (Lipinski definition) is 1. The molecule has 0 spiro atoms. The normalized spacial score (nSPS) is 10.9. The lowest BCUT2D eigenvalue weighted by Crippen LogP contribution is -2.10. The second kappa shape index (κ2) is 22.2. The van der Waals surface area contributed by atoms with Gasteiger partial charge in [0.2, 0.25) is 0 Å². The number of benzene rings is 12. The minimum absolute atomic E-state index is 1.10. The molecule has 0 radical (unpaired) electrons. The van der Waals surface area contributed by atoms with Gasteiger partial charge < -0.3 is 9.47 Å². The maximum atomic E-state index is 3.36. The van der Waals surface area contributed by atoms with E-state index in [0.717, 1.165) is 33.8 Å². The number of fused-ring (bicyclic) bond motifs is 5. The lowest BCUT2D eigenvalue weighted by Gasteiger charge is -2.27. The number of allylic oxidation sites excluding steroid dienone is 2. The van der Waals surface area contributed by atoms with Crippen molar-refractivity contribution < 1.29 is 0 Å². The van der Waals surface area contributed by atoms with Gasteiger partial charge in [-0.15, -0.1) is 13.2 Å². The molecule has 0 saturated heterocycles. The average molecular weight is 975 g/mol. The number of hydrogen-bond donors (Lipinski definition) is 0. The number of para-hydroxylation sites is 1. The van der Waals surface area contributed by atoms with Gasteiger partial charge in [-0.1, -0.05) is 224 Å². The van der Waals surface area contributed by atoms with Crippen LogP contribution in [0, 0.1) is 0 Å². The van der Waals surface area contributed by atoms with Gasteiger partial charge in [-0.3, -0.25) is 0 Å². The molecule has 1 heterocycles. The summed E-state index contributed by atoms with van der Waals surface area (Å²) in [7, 11) is 0. The van der Waals surface area contributed by atoms with Crippen LogP contribution < -0.4 is 4.90 Å². The third kappa shape index (κ3) is 9.88. The van der Waals surface area contributed by atoms with E-state index in [1.54, 1.807) is 12.2 Å². The molecule has 0 atom stereocenters. The zero-order valence-corrected chi connectivity index (χ0v) is 43.0. The van der Waals surface area contributed by atoms with E-state index in [0.29, 0.717) is 0 Å². The molecule has 13 rings (SSSR count). The molecular formula is C74H58N2. The summed E-state index contributed by atoms with van der Waals surface area (Å²) >= 11 is 0. The number of aromatic nitrogens is 1. The van der Waals surface area contributed by atoms with Gasteiger partial charge in [-0.2, -0.15) is 0 Å². The highest BCUT2D eigenvalue weighted by Crippen LogP contribution is 2.43. The Morgan fingerprint density at radius 1 is 0.289 bits per heavy atom. The highest BCUT2D eigenvalue weighted by atomic mass is 15.1. The van der Waals surface area contributed by atoms with Crippen LogP contribution in [0.25, 0.3) is 105 Å². The zero-order valence-electron chi connectivity index (χ0n) is 43.0. The van der Waals surface area contributed by atoms with Crippen LogP contribution in [-0.4, -0.2) is 4.57 Å². The molecule has 0 aliphatic rings. The van der Waals surface area contributed by atoms with Crippen LogP contribution >= 0.6 is 0 Å². The van der Waals surface area contributed by atoms with Crippen molar-refractivity contribution in [2.45, 2.75) is 13.8 Å². The maximum Gasteiger partial charge on any atom is 0.0541 e. The van der Waals surface area contributed by atoms with Crippen LogP contribution in [0.15, 0.2) is 304 Å². The monoisotopic (exact) mass is 974 g/mol. The van der Waals surface area contributed by atoms with Crippen molar-refractivity contribution in [1.29, 1.82) is 0 Å². The van der Waals surface area contributed by atoms with Gasteiger partial charge in [0.1, 0.15) is 0 Å². The maximum absolute atomic E-state index is 3.36. The summed E-state index contributed by atoms with van der Waals surface area (Å²) in [5.74, 6) is 0. The Morgan fingerprint density at radius 3 is 1.36 bits per heavy atom. The van der Waals surface area contributed by atoms with Gasteiger partial charge in [0.15, 0.2) is 0 Å². The minimum atomic E-state index is 1.10. The Kier molecular flexibility index (Phi) is 14.1. The molecule has 0 aliphatic heterocycles. The summed E-state index contributed by atoms with van der Waals surface area (Å²) in [6.07, 6.45) is 3.50. The number of rotatable bonds is 9. The molecule has 0 N–H and O–H groups in total. The first kappa shape index (κ1) is 48.5. The lowest BCUT2D eigenvalue weighted by molar-refractivity contribution is 1.18. The molecule has 76 heavy (non-hydrogen) atoms. The lowest BCUT2D eigenvalue weighted by atomic mass is 9.95. The van der Waals surface area contributed by atoms with Gasteiger partial charge in [-0.05, 0) is 152 Å². The van der Waals surface area contributed by atoms with Crippen molar-refractivity contribution >= 4 is 60.4 Å².